The van der Waals surface area contributed by atoms with Crippen LogP contribution in [0.5, 0.6) is 0 Å². The van der Waals surface area contributed by atoms with Crippen LogP contribution in [0.2, 0.25) is 0 Å². The van der Waals surface area contributed by atoms with Gasteiger partial charge in [-0.1, -0.05) is 6.07 Å². The van der Waals surface area contributed by atoms with Crippen LogP contribution in [0.4, 0.5) is 10.5 Å². The van der Waals surface area contributed by atoms with E-state index in [1.165, 1.54) is 4.90 Å². The minimum absolute atomic E-state index is 0.0282. The fourth-order valence-electron chi connectivity index (χ4n) is 3.94. The number of aryl methyl sites for hydroxylation is 1. The summed E-state index contributed by atoms with van der Waals surface area (Å²) in [5.41, 5.74) is 4.83. The van der Waals surface area contributed by atoms with Crippen LogP contribution < -0.4 is 10.6 Å². The molecule has 0 unspecified atom stereocenters. The number of amides is 2. The van der Waals surface area contributed by atoms with Crippen LogP contribution in [0.1, 0.15) is 28.8 Å². The molecule has 5 rings (SSSR count). The van der Waals surface area contributed by atoms with E-state index in [-0.39, 0.29) is 11.8 Å². The first kappa shape index (κ1) is 20.7. The summed E-state index contributed by atoms with van der Waals surface area (Å²) in [6.45, 7) is 3.65. The number of carbonyl (C=O) groups excluding carboxylic acids is 1. The van der Waals surface area contributed by atoms with Gasteiger partial charge in [-0.25, -0.2) is 14.3 Å². The summed E-state index contributed by atoms with van der Waals surface area (Å²) in [6.07, 6.45) is 3.01. The Kier molecular flexibility index (Phi) is 5.24. The molecule has 0 spiro atoms. The van der Waals surface area contributed by atoms with E-state index in [2.05, 4.69) is 36.6 Å². The van der Waals surface area contributed by atoms with Crippen molar-refractivity contribution in [1.29, 1.82) is 0 Å². The number of nitrogens with one attached hydrogen (secondary N) is 2. The number of likely N-dealkylation sites (tertiary alicyclic amines) is 1. The molecule has 0 atom stereocenters. The van der Waals surface area contributed by atoms with Crippen molar-refractivity contribution >= 4 is 39.3 Å². The maximum absolute atomic E-state index is 12.4. The summed E-state index contributed by atoms with van der Waals surface area (Å²) < 4.78 is 2.43. The van der Waals surface area contributed by atoms with E-state index in [9.17, 15) is 9.59 Å². The highest BCUT2D eigenvalue weighted by atomic mass is 79.9. The summed E-state index contributed by atoms with van der Waals surface area (Å²) in [7, 11) is 0. The van der Waals surface area contributed by atoms with Gasteiger partial charge in [0.05, 0.1) is 17.6 Å². The van der Waals surface area contributed by atoms with Gasteiger partial charge in [-0.05, 0) is 59.5 Å². The molecule has 1 aromatic carbocycles. The summed E-state index contributed by atoms with van der Waals surface area (Å²) >= 11 is 3.48. The van der Waals surface area contributed by atoms with Gasteiger partial charge in [0.15, 0.2) is 5.65 Å². The highest BCUT2D eigenvalue weighted by Crippen LogP contribution is 2.28. The molecular weight excluding hydrogens is 476 g/mol. The van der Waals surface area contributed by atoms with Gasteiger partial charge in [-0.15, -0.1) is 0 Å². The molecule has 3 aromatic rings. The Labute approximate surface area is 192 Å². The van der Waals surface area contributed by atoms with Gasteiger partial charge >= 0.3 is 6.09 Å². The first-order valence-corrected chi connectivity index (χ1v) is 11.4. The number of hydrogen-bond acceptors (Lipinski definition) is 5. The second-order valence-corrected chi connectivity index (χ2v) is 9.28. The van der Waals surface area contributed by atoms with Crippen LogP contribution >= 0.6 is 15.9 Å². The van der Waals surface area contributed by atoms with Gasteiger partial charge < -0.3 is 20.6 Å². The Hall–Kier alpha value is -3.14. The lowest BCUT2D eigenvalue weighted by Crippen LogP contribution is -2.51. The molecule has 3 heterocycles. The van der Waals surface area contributed by atoms with Crippen molar-refractivity contribution < 1.29 is 14.7 Å². The predicted octanol–water partition coefficient (Wildman–Crippen LogP) is 3.38. The smallest absolute Gasteiger partial charge is 0.407 e. The molecule has 0 bridgehead atoms. The van der Waals surface area contributed by atoms with Crippen LogP contribution in [0.15, 0.2) is 35.1 Å². The maximum Gasteiger partial charge on any atom is 0.407 e. The Morgan fingerprint density at radius 1 is 1.25 bits per heavy atom. The normalized spacial score (nSPS) is 16.1. The average Bonchev–Trinajstić information content (AvgIpc) is 3.42. The molecule has 2 aliphatic rings. The molecule has 10 heteroatoms. The highest BCUT2D eigenvalue weighted by Gasteiger charge is 2.30. The topological polar surface area (TPSA) is 112 Å². The number of nitrogens with zero attached hydrogens (tertiary/aromatic N) is 4. The molecule has 1 saturated carbocycles. The minimum atomic E-state index is -0.875. The quantitative estimate of drug-likeness (QED) is 0.480. The zero-order valence-electron chi connectivity index (χ0n) is 17.5. The van der Waals surface area contributed by atoms with Gasteiger partial charge in [0, 0.05) is 42.7 Å². The summed E-state index contributed by atoms with van der Waals surface area (Å²) in [4.78, 5) is 29.4. The summed E-state index contributed by atoms with van der Waals surface area (Å²) in [5.74, 6) is 0.240. The van der Waals surface area contributed by atoms with Crippen LogP contribution in [0.25, 0.3) is 16.9 Å². The molecule has 166 valence electrons. The Morgan fingerprint density at radius 2 is 2.03 bits per heavy atom. The number of aromatic nitrogens is 3. The van der Waals surface area contributed by atoms with Crippen LogP contribution in [0.3, 0.4) is 0 Å². The van der Waals surface area contributed by atoms with Gasteiger partial charge in [0.2, 0.25) is 0 Å². The number of fused-ring (bicyclic) bond motifs is 1. The van der Waals surface area contributed by atoms with Crippen molar-refractivity contribution in [1.82, 2.24) is 24.8 Å². The second-order valence-electron chi connectivity index (χ2n) is 8.47. The Bertz CT molecular complexity index is 1220. The van der Waals surface area contributed by atoms with Crippen LogP contribution in [-0.4, -0.2) is 62.3 Å². The average molecular weight is 499 g/mol. The molecule has 1 aliphatic heterocycles. The van der Waals surface area contributed by atoms with Crippen molar-refractivity contribution in [3.05, 3.63) is 46.2 Å². The number of imidazole rings is 1. The van der Waals surface area contributed by atoms with Crippen molar-refractivity contribution in [2.75, 3.05) is 25.0 Å². The van der Waals surface area contributed by atoms with Gasteiger partial charge in [0.1, 0.15) is 4.60 Å². The van der Waals surface area contributed by atoms with E-state index in [1.54, 1.807) is 10.7 Å². The van der Waals surface area contributed by atoms with Crippen molar-refractivity contribution in [2.24, 2.45) is 5.92 Å². The van der Waals surface area contributed by atoms with E-state index in [0.717, 1.165) is 35.3 Å². The van der Waals surface area contributed by atoms with Crippen molar-refractivity contribution in [3.8, 4) is 11.3 Å². The number of carboxylic acid groups (broad SMARTS) is 1. The molecule has 2 amide bonds. The largest absolute Gasteiger partial charge is 0.465 e. The molecule has 2 fully saturated rings. The number of rotatable bonds is 6. The molecule has 1 aliphatic carbocycles. The van der Waals surface area contributed by atoms with E-state index >= 15 is 0 Å². The monoisotopic (exact) mass is 498 g/mol. The lowest BCUT2D eigenvalue weighted by Gasteiger charge is -2.37. The first-order chi connectivity index (χ1) is 15.4. The highest BCUT2D eigenvalue weighted by molar-refractivity contribution is 9.10. The molecule has 1 saturated heterocycles. The first-order valence-electron chi connectivity index (χ1n) is 10.6. The fraction of sp³-hybridized carbons (Fsp3) is 0.364. The number of carbonyl (C=O) groups is 2. The van der Waals surface area contributed by atoms with E-state index in [1.807, 2.05) is 31.2 Å². The van der Waals surface area contributed by atoms with Crippen molar-refractivity contribution in [2.45, 2.75) is 25.8 Å². The molecule has 3 N–H and O–H groups in total. The van der Waals surface area contributed by atoms with Crippen LogP contribution in [0, 0.1) is 12.8 Å². The molecule has 2 aromatic heterocycles. The summed E-state index contributed by atoms with van der Waals surface area (Å²) in [6, 6.07) is 7.94. The Balaban J connectivity index is 1.37. The third-order valence-corrected chi connectivity index (χ3v) is 6.31. The standard InChI is InChI=1S/C22H23BrN6O3/c1-12-6-14(2-5-16(12)21(30)26-15-3-4-15)18-9-25-20-17(7-19(23)27-29(18)20)24-8-13-10-28(11-13)22(31)32/h2,5-7,9,13,15,24H,3-4,8,10-11H2,1H3,(H,26,30)(H,31,32). The Morgan fingerprint density at radius 3 is 2.72 bits per heavy atom. The summed E-state index contributed by atoms with van der Waals surface area (Å²) in [5, 5.41) is 20.0. The zero-order chi connectivity index (χ0) is 22.4. The third-order valence-electron chi connectivity index (χ3n) is 5.93. The number of hydrogen-bond donors (Lipinski definition) is 3. The fourth-order valence-corrected chi connectivity index (χ4v) is 4.33. The molecular formula is C22H23BrN6O3. The SMILES string of the molecule is Cc1cc(-c2cnc3c(NCC4CN(C(=O)O)C4)cc(Br)nn23)ccc1C(=O)NC1CC1. The predicted molar refractivity (Wildman–Crippen MR) is 123 cm³/mol. The molecule has 9 nitrogen and oxygen atoms in total. The van der Waals surface area contributed by atoms with Crippen molar-refractivity contribution in [3.63, 3.8) is 0 Å². The van der Waals surface area contributed by atoms with E-state index < -0.39 is 6.09 Å². The number of anilines is 1. The third kappa shape index (κ3) is 4.02. The van der Waals surface area contributed by atoms with Gasteiger partial charge in [-0.2, -0.15) is 5.10 Å². The number of halogens is 1. The lowest BCUT2D eigenvalue weighted by atomic mass is 10.0. The van der Waals surface area contributed by atoms with E-state index in [0.29, 0.717) is 41.5 Å². The molecule has 32 heavy (non-hydrogen) atoms. The maximum atomic E-state index is 12.4. The zero-order valence-corrected chi connectivity index (χ0v) is 19.1. The lowest BCUT2D eigenvalue weighted by molar-refractivity contribution is 0.0863. The van der Waals surface area contributed by atoms with E-state index in [4.69, 9.17) is 5.11 Å². The molecule has 0 radical (unpaired) electrons. The van der Waals surface area contributed by atoms with Crippen LogP contribution in [-0.2, 0) is 0 Å². The minimum Gasteiger partial charge on any atom is -0.465 e. The van der Waals surface area contributed by atoms with Gasteiger partial charge in [-0.3, -0.25) is 4.79 Å². The number of benzene rings is 1. The second kappa shape index (κ2) is 8.09. The van der Waals surface area contributed by atoms with Gasteiger partial charge in [0.25, 0.3) is 5.91 Å².